The molecule has 1 saturated heterocycles. The van der Waals surface area contributed by atoms with Crippen molar-refractivity contribution in [2.24, 2.45) is 5.92 Å². The maximum absolute atomic E-state index is 5.86. The van der Waals surface area contributed by atoms with Gasteiger partial charge in [-0.05, 0) is 13.0 Å². The van der Waals surface area contributed by atoms with E-state index in [4.69, 9.17) is 9.47 Å². The van der Waals surface area contributed by atoms with Crippen molar-refractivity contribution in [2.45, 2.75) is 38.1 Å². The van der Waals surface area contributed by atoms with Crippen LogP contribution in [0, 0.1) is 5.92 Å². The minimum atomic E-state index is -0.164. The summed E-state index contributed by atoms with van der Waals surface area (Å²) in [6, 6.07) is 0. The number of ether oxygens (including phenoxy) is 2. The zero-order chi connectivity index (χ0) is 9.05. The van der Waals surface area contributed by atoms with Crippen LogP contribution in [0.1, 0.15) is 20.3 Å². The van der Waals surface area contributed by atoms with E-state index in [1.807, 2.05) is 0 Å². The lowest BCUT2D eigenvalue weighted by molar-refractivity contribution is -0.0210. The smallest absolute Gasteiger partial charge is 0.140 e. The molecule has 4 atom stereocenters. The Balaban J connectivity index is 1.95. The molecule has 13 heavy (non-hydrogen) atoms. The summed E-state index contributed by atoms with van der Waals surface area (Å²) >= 11 is 0. The first-order chi connectivity index (χ1) is 6.23. The normalized spacial score (nSPS) is 50.6. The number of allylic oxidation sites excluding steroid dienone is 1. The van der Waals surface area contributed by atoms with E-state index in [-0.39, 0.29) is 17.8 Å². The second-order valence-electron chi connectivity index (χ2n) is 4.23. The molecule has 4 unspecified atom stereocenters. The molecule has 3 rings (SSSR count). The monoisotopic (exact) mass is 178 g/mol. The highest BCUT2D eigenvalue weighted by Crippen LogP contribution is 2.48. The van der Waals surface area contributed by atoms with E-state index in [1.54, 1.807) is 0 Å². The first kappa shape index (κ1) is 7.63. The van der Waals surface area contributed by atoms with Crippen molar-refractivity contribution in [2.75, 3.05) is 0 Å². The molecule has 0 aromatic heterocycles. The molecule has 0 aliphatic carbocycles. The zero-order valence-corrected chi connectivity index (χ0v) is 7.99. The van der Waals surface area contributed by atoms with E-state index in [2.05, 4.69) is 32.1 Å². The van der Waals surface area contributed by atoms with Crippen molar-refractivity contribution in [1.29, 1.82) is 0 Å². The molecule has 3 heterocycles. The molecule has 70 valence electrons. The van der Waals surface area contributed by atoms with E-state index in [0.29, 0.717) is 5.92 Å². The first-order valence-corrected chi connectivity index (χ1v) is 4.97. The zero-order valence-electron chi connectivity index (χ0n) is 7.99. The molecular formula is C11H14O2. The Kier molecular flexibility index (Phi) is 1.28. The molecule has 0 aromatic carbocycles. The number of rotatable bonds is 1. The van der Waals surface area contributed by atoms with Gasteiger partial charge in [-0.1, -0.05) is 19.1 Å². The highest BCUT2D eigenvalue weighted by atomic mass is 16.6. The van der Waals surface area contributed by atoms with Crippen LogP contribution in [0.25, 0.3) is 0 Å². The number of hydrogen-bond acceptors (Lipinski definition) is 2. The SMILES string of the molecule is CCC1=CC2C3C=CC(C)(O3)C2O1. The lowest BCUT2D eigenvalue weighted by Crippen LogP contribution is -2.36. The summed E-state index contributed by atoms with van der Waals surface area (Å²) in [5.74, 6) is 1.60. The topological polar surface area (TPSA) is 18.5 Å². The molecule has 3 aliphatic rings. The average molecular weight is 178 g/mol. The largest absolute Gasteiger partial charge is 0.491 e. The van der Waals surface area contributed by atoms with Crippen LogP contribution in [0.3, 0.4) is 0 Å². The molecule has 3 aliphatic heterocycles. The van der Waals surface area contributed by atoms with Crippen LogP contribution in [0.4, 0.5) is 0 Å². The summed E-state index contributed by atoms with van der Waals surface area (Å²) in [7, 11) is 0. The van der Waals surface area contributed by atoms with Gasteiger partial charge < -0.3 is 9.47 Å². The lowest BCUT2D eigenvalue weighted by atomic mass is 9.85. The van der Waals surface area contributed by atoms with Gasteiger partial charge >= 0.3 is 0 Å². The van der Waals surface area contributed by atoms with E-state index < -0.39 is 0 Å². The molecular weight excluding hydrogens is 164 g/mol. The second-order valence-corrected chi connectivity index (χ2v) is 4.23. The highest BCUT2D eigenvalue weighted by Gasteiger charge is 2.56. The van der Waals surface area contributed by atoms with Gasteiger partial charge in [0.25, 0.3) is 0 Å². The van der Waals surface area contributed by atoms with Crippen molar-refractivity contribution in [3.8, 4) is 0 Å². The molecule has 0 radical (unpaired) electrons. The lowest BCUT2D eigenvalue weighted by Gasteiger charge is -2.25. The molecule has 0 amide bonds. The van der Waals surface area contributed by atoms with E-state index >= 15 is 0 Å². The van der Waals surface area contributed by atoms with Gasteiger partial charge in [-0.15, -0.1) is 0 Å². The first-order valence-electron chi connectivity index (χ1n) is 4.97. The molecule has 2 bridgehead atoms. The Morgan fingerprint density at radius 1 is 1.54 bits per heavy atom. The molecule has 2 nitrogen and oxygen atoms in total. The second kappa shape index (κ2) is 2.18. The molecule has 0 spiro atoms. The van der Waals surface area contributed by atoms with Gasteiger partial charge in [-0.25, -0.2) is 0 Å². The molecule has 1 fully saturated rings. The molecule has 0 saturated carbocycles. The summed E-state index contributed by atoms with van der Waals surface area (Å²) in [5.41, 5.74) is -0.164. The Labute approximate surface area is 78.2 Å². The van der Waals surface area contributed by atoms with Gasteiger partial charge in [0.1, 0.15) is 11.7 Å². The van der Waals surface area contributed by atoms with Crippen LogP contribution < -0.4 is 0 Å². The van der Waals surface area contributed by atoms with Gasteiger partial charge in [0.2, 0.25) is 0 Å². The summed E-state index contributed by atoms with van der Waals surface area (Å²) < 4.78 is 11.7. The average Bonchev–Trinajstić information content (AvgIpc) is 2.71. The highest BCUT2D eigenvalue weighted by molar-refractivity contribution is 5.29. The number of fused-ring (bicyclic) bond motifs is 5. The fourth-order valence-electron chi connectivity index (χ4n) is 2.58. The maximum atomic E-state index is 5.86. The molecule has 0 N–H and O–H groups in total. The Bertz CT molecular complexity index is 305. The van der Waals surface area contributed by atoms with Gasteiger partial charge in [0.15, 0.2) is 0 Å². The Morgan fingerprint density at radius 3 is 3.08 bits per heavy atom. The summed E-state index contributed by atoms with van der Waals surface area (Å²) in [6.45, 7) is 4.24. The van der Waals surface area contributed by atoms with Crippen molar-refractivity contribution < 1.29 is 9.47 Å². The van der Waals surface area contributed by atoms with Crippen LogP contribution in [0.15, 0.2) is 24.0 Å². The van der Waals surface area contributed by atoms with Crippen LogP contribution in [-0.4, -0.2) is 17.8 Å². The van der Waals surface area contributed by atoms with Gasteiger partial charge in [0.05, 0.1) is 17.8 Å². The third-order valence-corrected chi connectivity index (χ3v) is 3.31. The third-order valence-electron chi connectivity index (χ3n) is 3.31. The van der Waals surface area contributed by atoms with Crippen molar-refractivity contribution in [3.63, 3.8) is 0 Å². The van der Waals surface area contributed by atoms with Gasteiger partial charge in [0, 0.05) is 6.42 Å². The predicted molar refractivity (Wildman–Crippen MR) is 49.2 cm³/mol. The van der Waals surface area contributed by atoms with Crippen LogP contribution in [0.5, 0.6) is 0 Å². The summed E-state index contributed by atoms with van der Waals surface area (Å²) in [4.78, 5) is 0. The fraction of sp³-hybridized carbons (Fsp3) is 0.636. The third kappa shape index (κ3) is 0.819. The van der Waals surface area contributed by atoms with E-state index in [9.17, 15) is 0 Å². The maximum Gasteiger partial charge on any atom is 0.140 e. The predicted octanol–water partition coefficient (Wildman–Crippen LogP) is 2.02. The van der Waals surface area contributed by atoms with Crippen molar-refractivity contribution in [1.82, 2.24) is 0 Å². The molecule has 0 aromatic rings. The van der Waals surface area contributed by atoms with E-state index in [1.165, 1.54) is 0 Å². The molecule has 2 heteroatoms. The quantitative estimate of drug-likeness (QED) is 0.572. The standard InChI is InChI=1S/C11H14O2/c1-3-7-6-8-9-4-5-11(2,13-9)10(8)12-7/h4-6,8-10H,3H2,1-2H3. The Hall–Kier alpha value is -0.760. The summed E-state index contributed by atoms with van der Waals surface area (Å²) in [5, 5.41) is 0. The minimum Gasteiger partial charge on any atom is -0.491 e. The van der Waals surface area contributed by atoms with Gasteiger partial charge in [-0.3, -0.25) is 0 Å². The van der Waals surface area contributed by atoms with Crippen LogP contribution in [-0.2, 0) is 9.47 Å². The minimum absolute atomic E-state index is 0.164. The Morgan fingerprint density at radius 2 is 2.38 bits per heavy atom. The fourth-order valence-corrected chi connectivity index (χ4v) is 2.58. The van der Waals surface area contributed by atoms with Crippen LogP contribution in [0.2, 0.25) is 0 Å². The van der Waals surface area contributed by atoms with Crippen LogP contribution >= 0.6 is 0 Å². The van der Waals surface area contributed by atoms with Gasteiger partial charge in [-0.2, -0.15) is 0 Å². The van der Waals surface area contributed by atoms with Crippen molar-refractivity contribution in [3.05, 3.63) is 24.0 Å². The number of hydrogen-bond donors (Lipinski definition) is 0. The summed E-state index contributed by atoms with van der Waals surface area (Å²) in [6.07, 6.45) is 8.04. The van der Waals surface area contributed by atoms with E-state index in [0.717, 1.165) is 12.2 Å². The van der Waals surface area contributed by atoms with Crippen molar-refractivity contribution >= 4 is 0 Å².